The molecule has 0 spiro atoms. The molecule has 2 heterocycles. The number of hydrogen-bond acceptors (Lipinski definition) is 3. The maximum absolute atomic E-state index is 13.1. The molecule has 0 radical (unpaired) electrons. The molecule has 1 atom stereocenters. The average molecular weight is 329 g/mol. The van der Waals surface area contributed by atoms with Crippen molar-refractivity contribution in [1.29, 1.82) is 0 Å². The predicted octanol–water partition coefficient (Wildman–Crippen LogP) is 3.08. The molecule has 1 saturated carbocycles. The Bertz CT molecular complexity index is 612. The highest BCUT2D eigenvalue weighted by Crippen LogP contribution is 2.30. The summed E-state index contributed by atoms with van der Waals surface area (Å²) in [5, 5.41) is 3.22. The van der Waals surface area contributed by atoms with Crippen LogP contribution in [0.2, 0.25) is 0 Å². The monoisotopic (exact) mass is 329 g/mol. The van der Waals surface area contributed by atoms with Gasteiger partial charge < -0.3 is 10.2 Å². The highest BCUT2D eigenvalue weighted by atomic mass is 16.2. The second-order valence-corrected chi connectivity index (χ2v) is 7.41. The molecule has 5 heteroatoms. The van der Waals surface area contributed by atoms with Crippen LogP contribution in [0.3, 0.4) is 0 Å². The number of fused-ring (bicyclic) bond motifs is 1. The number of allylic oxidation sites excluding steroid dienone is 2. The van der Waals surface area contributed by atoms with Crippen LogP contribution in [-0.2, 0) is 9.59 Å². The lowest BCUT2D eigenvalue weighted by atomic mass is 9.89. The van der Waals surface area contributed by atoms with Gasteiger partial charge in [0, 0.05) is 12.2 Å². The van der Waals surface area contributed by atoms with Crippen LogP contribution in [0, 0.1) is 0 Å². The zero-order valence-corrected chi connectivity index (χ0v) is 14.7. The number of carbonyl (C=O) groups excluding carboxylic acids is 2. The first-order valence-corrected chi connectivity index (χ1v) is 9.07. The summed E-state index contributed by atoms with van der Waals surface area (Å²) in [5.74, 6) is 0.273. The van der Waals surface area contributed by atoms with Crippen molar-refractivity contribution in [2.75, 3.05) is 0 Å². The molecule has 3 rings (SSSR count). The van der Waals surface area contributed by atoms with Crippen LogP contribution in [0.15, 0.2) is 28.9 Å². The number of amides is 2. The van der Waals surface area contributed by atoms with Crippen LogP contribution >= 0.6 is 0 Å². The Labute approximate surface area is 143 Å². The van der Waals surface area contributed by atoms with Gasteiger partial charge >= 0.3 is 0 Å². The van der Waals surface area contributed by atoms with Gasteiger partial charge in [0.05, 0.1) is 6.42 Å². The molecule has 2 aliphatic heterocycles. The fraction of sp³-hybridized carbons (Fsp3) is 0.632. The van der Waals surface area contributed by atoms with Gasteiger partial charge in [-0.3, -0.25) is 9.59 Å². The summed E-state index contributed by atoms with van der Waals surface area (Å²) in [5.41, 5.74) is 0.149. The van der Waals surface area contributed by atoms with Gasteiger partial charge in [0.25, 0.3) is 5.91 Å². The van der Waals surface area contributed by atoms with Crippen LogP contribution in [0.1, 0.15) is 65.2 Å². The maximum Gasteiger partial charge on any atom is 0.250 e. The maximum atomic E-state index is 13.1. The Morgan fingerprint density at radius 2 is 1.88 bits per heavy atom. The van der Waals surface area contributed by atoms with Crippen LogP contribution in [0.4, 0.5) is 0 Å². The van der Waals surface area contributed by atoms with Crippen molar-refractivity contribution in [2.45, 2.75) is 76.8 Å². The molecule has 0 saturated heterocycles. The second kappa shape index (κ2) is 6.91. The Balaban J connectivity index is 1.78. The molecule has 0 aromatic carbocycles. The molecular formula is C19H27N3O2. The van der Waals surface area contributed by atoms with Crippen molar-refractivity contribution in [1.82, 2.24) is 10.2 Å². The lowest BCUT2D eigenvalue weighted by Crippen LogP contribution is -2.61. The smallest absolute Gasteiger partial charge is 0.250 e. The summed E-state index contributed by atoms with van der Waals surface area (Å²) in [7, 11) is 0. The van der Waals surface area contributed by atoms with Crippen molar-refractivity contribution >= 4 is 17.6 Å². The van der Waals surface area contributed by atoms with E-state index in [1.54, 1.807) is 0 Å². The fourth-order valence-corrected chi connectivity index (χ4v) is 3.76. The molecule has 1 N–H and O–H groups in total. The van der Waals surface area contributed by atoms with Crippen molar-refractivity contribution in [3.8, 4) is 0 Å². The highest BCUT2D eigenvalue weighted by Gasteiger charge is 2.45. The Morgan fingerprint density at radius 3 is 2.58 bits per heavy atom. The third-order valence-electron chi connectivity index (χ3n) is 5.27. The second-order valence-electron chi connectivity index (χ2n) is 7.41. The van der Waals surface area contributed by atoms with Crippen LogP contribution in [0.25, 0.3) is 0 Å². The number of nitrogens with one attached hydrogen (secondary N) is 1. The minimum Gasteiger partial charge on any atom is -0.351 e. The van der Waals surface area contributed by atoms with Gasteiger partial charge in [-0.2, -0.15) is 4.99 Å². The fourth-order valence-electron chi connectivity index (χ4n) is 3.76. The quantitative estimate of drug-likeness (QED) is 0.847. The standard InChI is InChI=1S/C19H27N3O2/c1-14-10-11-16-21-17(23)12-19(2,22(16)13-14)18(24)20-15-8-6-4-3-5-7-9-15/h10-11,13,15H,3-9,12H2,1-2H3,(H,20,24). The summed E-state index contributed by atoms with van der Waals surface area (Å²) in [6, 6.07) is 0.220. The third kappa shape index (κ3) is 3.45. The first-order valence-electron chi connectivity index (χ1n) is 9.07. The molecule has 2 amide bonds. The van der Waals surface area contributed by atoms with Gasteiger partial charge in [-0.1, -0.05) is 38.2 Å². The van der Waals surface area contributed by atoms with Gasteiger partial charge in [0.2, 0.25) is 5.91 Å². The summed E-state index contributed by atoms with van der Waals surface area (Å²) < 4.78 is 0. The molecule has 5 nitrogen and oxygen atoms in total. The van der Waals surface area contributed by atoms with Crippen LogP contribution in [-0.4, -0.2) is 34.1 Å². The zero-order chi connectivity index (χ0) is 17.2. The van der Waals surface area contributed by atoms with E-state index in [1.165, 1.54) is 32.1 Å². The number of hydrogen-bond donors (Lipinski definition) is 1. The van der Waals surface area contributed by atoms with Gasteiger partial charge in [-0.25, -0.2) is 0 Å². The number of nitrogens with zero attached hydrogens (tertiary/aromatic N) is 2. The van der Waals surface area contributed by atoms with Gasteiger partial charge in [0.15, 0.2) is 0 Å². The number of carbonyl (C=O) groups is 2. The van der Waals surface area contributed by atoms with E-state index in [9.17, 15) is 9.59 Å². The summed E-state index contributed by atoms with van der Waals surface area (Å²) in [4.78, 5) is 31.1. The normalized spacial score (nSPS) is 28.4. The lowest BCUT2D eigenvalue weighted by molar-refractivity contribution is -0.135. The lowest BCUT2D eigenvalue weighted by Gasteiger charge is -2.43. The minimum absolute atomic E-state index is 0.0619. The van der Waals surface area contributed by atoms with Crippen LogP contribution in [0.5, 0.6) is 0 Å². The van der Waals surface area contributed by atoms with Crippen molar-refractivity contribution in [2.24, 2.45) is 4.99 Å². The van der Waals surface area contributed by atoms with E-state index in [4.69, 9.17) is 0 Å². The first kappa shape index (κ1) is 16.9. The molecule has 1 unspecified atom stereocenters. The Hall–Kier alpha value is -1.91. The average Bonchev–Trinajstić information content (AvgIpc) is 2.50. The van der Waals surface area contributed by atoms with Crippen molar-refractivity contribution in [3.63, 3.8) is 0 Å². The SMILES string of the molecule is CC1=CN2C(=NC(=O)CC2(C)C(=O)NC2CCCCCCC2)C=C1. The molecule has 0 bridgehead atoms. The third-order valence-corrected chi connectivity index (χ3v) is 5.27. The number of rotatable bonds is 2. The van der Waals surface area contributed by atoms with Crippen LogP contribution < -0.4 is 5.32 Å². The van der Waals surface area contributed by atoms with Crippen molar-refractivity contribution < 1.29 is 9.59 Å². The molecular weight excluding hydrogens is 302 g/mol. The van der Waals surface area contributed by atoms with Gasteiger partial charge in [0.1, 0.15) is 11.4 Å². The number of aliphatic imine (C=N–C) groups is 1. The first-order chi connectivity index (χ1) is 11.5. The molecule has 1 fully saturated rings. The molecule has 0 aromatic rings. The van der Waals surface area contributed by atoms with E-state index in [-0.39, 0.29) is 24.3 Å². The van der Waals surface area contributed by atoms with E-state index in [1.807, 2.05) is 37.1 Å². The summed E-state index contributed by atoms with van der Waals surface area (Å²) >= 11 is 0. The summed E-state index contributed by atoms with van der Waals surface area (Å²) in [6.07, 6.45) is 14.0. The highest BCUT2D eigenvalue weighted by molar-refractivity contribution is 6.09. The van der Waals surface area contributed by atoms with E-state index >= 15 is 0 Å². The largest absolute Gasteiger partial charge is 0.351 e. The van der Waals surface area contributed by atoms with E-state index in [0.29, 0.717) is 5.84 Å². The molecule has 3 aliphatic rings. The molecule has 0 aromatic heterocycles. The van der Waals surface area contributed by atoms with Crippen molar-refractivity contribution in [3.05, 3.63) is 23.9 Å². The zero-order valence-electron chi connectivity index (χ0n) is 14.7. The van der Waals surface area contributed by atoms with E-state index < -0.39 is 5.54 Å². The predicted molar refractivity (Wildman–Crippen MR) is 94.4 cm³/mol. The molecule has 1 aliphatic carbocycles. The molecule has 24 heavy (non-hydrogen) atoms. The minimum atomic E-state index is -0.900. The summed E-state index contributed by atoms with van der Waals surface area (Å²) in [6.45, 7) is 3.83. The van der Waals surface area contributed by atoms with Gasteiger partial charge in [-0.15, -0.1) is 0 Å². The van der Waals surface area contributed by atoms with Gasteiger partial charge in [-0.05, 0) is 38.3 Å². The topological polar surface area (TPSA) is 61.8 Å². The van der Waals surface area contributed by atoms with E-state index in [2.05, 4.69) is 10.3 Å². The Kier molecular flexibility index (Phi) is 4.88. The van der Waals surface area contributed by atoms with E-state index in [0.717, 1.165) is 18.4 Å². The molecule has 130 valence electrons. The Morgan fingerprint density at radius 1 is 1.21 bits per heavy atom. The number of amidine groups is 1.